The van der Waals surface area contributed by atoms with Gasteiger partial charge in [-0.25, -0.2) is 0 Å². The molecule has 4 rings (SSSR count). The van der Waals surface area contributed by atoms with Gasteiger partial charge in [0.25, 0.3) is 0 Å². The number of allylic oxidation sites excluding steroid dienone is 1. The Hall–Kier alpha value is -0.630. The predicted molar refractivity (Wildman–Crippen MR) is 91.9 cm³/mol. The van der Waals surface area contributed by atoms with Crippen molar-refractivity contribution in [3.8, 4) is 0 Å². The second-order valence-electron chi connectivity index (χ2n) is 9.80. The zero-order valence-electron chi connectivity index (χ0n) is 15.0. The molecule has 3 fully saturated rings. The standard InChI is InChI=1S/C21H32O2/c1-19(23)10-11-21(3)14(12-19)4-6-16-17-7-5-15(13-22)20(17,2)9-8-18(16)21/h4,13,15-18,23H,5-12H2,1-3H3/t15-,16+,17+,18+,19+,20-,21+/m1/s1. The summed E-state index contributed by atoms with van der Waals surface area (Å²) in [5.74, 6) is 2.55. The van der Waals surface area contributed by atoms with Crippen LogP contribution in [0.25, 0.3) is 0 Å². The van der Waals surface area contributed by atoms with Crippen molar-refractivity contribution in [2.24, 2.45) is 34.5 Å². The number of carbonyl (C=O) groups is 1. The summed E-state index contributed by atoms with van der Waals surface area (Å²) in [6, 6.07) is 0. The van der Waals surface area contributed by atoms with Gasteiger partial charge in [-0.2, -0.15) is 0 Å². The van der Waals surface area contributed by atoms with E-state index in [9.17, 15) is 9.90 Å². The third-order valence-corrected chi connectivity index (χ3v) is 8.62. The lowest BCUT2D eigenvalue weighted by Crippen LogP contribution is -2.51. The van der Waals surface area contributed by atoms with E-state index in [0.717, 1.165) is 43.4 Å². The lowest BCUT2D eigenvalue weighted by Gasteiger charge is -2.58. The molecule has 2 heteroatoms. The number of carbonyl (C=O) groups excluding carboxylic acids is 1. The molecule has 0 bridgehead atoms. The first kappa shape index (κ1) is 15.9. The minimum atomic E-state index is -0.503. The van der Waals surface area contributed by atoms with Crippen molar-refractivity contribution in [1.82, 2.24) is 0 Å². The van der Waals surface area contributed by atoms with Gasteiger partial charge in [0, 0.05) is 5.92 Å². The maximum absolute atomic E-state index is 11.6. The molecular weight excluding hydrogens is 284 g/mol. The molecule has 0 saturated heterocycles. The van der Waals surface area contributed by atoms with Gasteiger partial charge in [0.1, 0.15) is 6.29 Å². The highest BCUT2D eigenvalue weighted by Gasteiger charge is 2.59. The number of aliphatic hydroxyl groups is 1. The highest BCUT2D eigenvalue weighted by Crippen LogP contribution is 2.66. The molecule has 23 heavy (non-hydrogen) atoms. The van der Waals surface area contributed by atoms with Crippen molar-refractivity contribution in [3.05, 3.63) is 11.6 Å². The molecule has 0 spiro atoms. The quantitative estimate of drug-likeness (QED) is 0.570. The number of aldehydes is 1. The Morgan fingerprint density at radius 2 is 1.87 bits per heavy atom. The first-order valence-corrected chi connectivity index (χ1v) is 9.67. The number of hydrogen-bond donors (Lipinski definition) is 1. The van der Waals surface area contributed by atoms with Crippen molar-refractivity contribution in [1.29, 1.82) is 0 Å². The smallest absolute Gasteiger partial charge is 0.123 e. The Balaban J connectivity index is 1.67. The largest absolute Gasteiger partial charge is 0.390 e. The van der Waals surface area contributed by atoms with Crippen LogP contribution in [0.5, 0.6) is 0 Å². The Kier molecular flexibility index (Phi) is 3.41. The van der Waals surface area contributed by atoms with E-state index in [4.69, 9.17) is 0 Å². The normalized spacial score (nSPS) is 55.4. The molecule has 3 saturated carbocycles. The second kappa shape index (κ2) is 4.94. The van der Waals surface area contributed by atoms with E-state index >= 15 is 0 Å². The molecule has 4 aliphatic rings. The fraction of sp³-hybridized carbons (Fsp3) is 0.857. The molecule has 7 atom stereocenters. The lowest BCUT2D eigenvalue weighted by atomic mass is 9.47. The van der Waals surface area contributed by atoms with Crippen molar-refractivity contribution in [3.63, 3.8) is 0 Å². The minimum absolute atomic E-state index is 0.255. The summed E-state index contributed by atoms with van der Waals surface area (Å²) in [6.45, 7) is 6.87. The summed E-state index contributed by atoms with van der Waals surface area (Å²) in [5, 5.41) is 10.5. The van der Waals surface area contributed by atoms with E-state index in [-0.39, 0.29) is 5.41 Å². The van der Waals surface area contributed by atoms with Crippen molar-refractivity contribution >= 4 is 6.29 Å². The second-order valence-corrected chi connectivity index (χ2v) is 9.80. The van der Waals surface area contributed by atoms with E-state index in [2.05, 4.69) is 19.9 Å². The van der Waals surface area contributed by atoms with Gasteiger partial charge in [-0.3, -0.25) is 0 Å². The summed E-state index contributed by atoms with van der Waals surface area (Å²) in [7, 11) is 0. The third-order valence-electron chi connectivity index (χ3n) is 8.62. The summed E-state index contributed by atoms with van der Waals surface area (Å²) in [4.78, 5) is 11.6. The van der Waals surface area contributed by atoms with Crippen LogP contribution in [0.1, 0.15) is 72.1 Å². The maximum Gasteiger partial charge on any atom is 0.123 e. The van der Waals surface area contributed by atoms with Gasteiger partial charge in [-0.1, -0.05) is 25.5 Å². The van der Waals surface area contributed by atoms with Crippen LogP contribution in [0.3, 0.4) is 0 Å². The molecule has 0 unspecified atom stereocenters. The topological polar surface area (TPSA) is 37.3 Å². The van der Waals surface area contributed by atoms with Gasteiger partial charge in [-0.05, 0) is 86.9 Å². The Labute approximate surface area is 140 Å². The predicted octanol–water partition coefficient (Wildman–Crippen LogP) is 4.52. The van der Waals surface area contributed by atoms with E-state index in [0.29, 0.717) is 11.3 Å². The summed E-state index contributed by atoms with van der Waals surface area (Å²) in [6.07, 6.45) is 12.7. The van der Waals surface area contributed by atoms with Gasteiger partial charge in [0.15, 0.2) is 0 Å². The molecule has 0 amide bonds. The summed E-state index contributed by atoms with van der Waals surface area (Å²) >= 11 is 0. The molecular formula is C21H32O2. The first-order valence-electron chi connectivity index (χ1n) is 9.67. The summed E-state index contributed by atoms with van der Waals surface area (Å²) < 4.78 is 0. The van der Waals surface area contributed by atoms with Crippen LogP contribution in [-0.2, 0) is 4.79 Å². The third kappa shape index (κ3) is 2.13. The molecule has 0 aliphatic heterocycles. The summed E-state index contributed by atoms with van der Waals surface area (Å²) in [5.41, 5.74) is 1.58. The van der Waals surface area contributed by atoms with Crippen LogP contribution in [0, 0.1) is 34.5 Å². The molecule has 0 aromatic rings. The van der Waals surface area contributed by atoms with Gasteiger partial charge in [0.2, 0.25) is 0 Å². The van der Waals surface area contributed by atoms with Crippen LogP contribution in [0.15, 0.2) is 11.6 Å². The monoisotopic (exact) mass is 316 g/mol. The lowest BCUT2D eigenvalue weighted by molar-refractivity contribution is -0.118. The highest BCUT2D eigenvalue weighted by atomic mass is 16.3. The fourth-order valence-electron chi connectivity index (χ4n) is 7.07. The molecule has 0 heterocycles. The van der Waals surface area contributed by atoms with Crippen LogP contribution < -0.4 is 0 Å². The molecule has 1 N–H and O–H groups in total. The van der Waals surface area contributed by atoms with Crippen molar-refractivity contribution in [2.75, 3.05) is 0 Å². The van der Waals surface area contributed by atoms with E-state index in [1.165, 1.54) is 37.5 Å². The van der Waals surface area contributed by atoms with Gasteiger partial charge < -0.3 is 9.90 Å². The molecule has 0 aromatic carbocycles. The van der Waals surface area contributed by atoms with Crippen LogP contribution in [-0.4, -0.2) is 17.0 Å². The molecule has 0 aromatic heterocycles. The van der Waals surface area contributed by atoms with Crippen LogP contribution in [0.2, 0.25) is 0 Å². The average molecular weight is 316 g/mol. The molecule has 128 valence electrons. The average Bonchev–Trinajstić information content (AvgIpc) is 2.84. The van der Waals surface area contributed by atoms with E-state index < -0.39 is 5.60 Å². The van der Waals surface area contributed by atoms with Crippen LogP contribution in [0.4, 0.5) is 0 Å². The fourth-order valence-corrected chi connectivity index (χ4v) is 7.07. The highest BCUT2D eigenvalue weighted by molar-refractivity contribution is 5.56. The zero-order valence-corrected chi connectivity index (χ0v) is 15.0. The van der Waals surface area contributed by atoms with Gasteiger partial charge >= 0.3 is 0 Å². The van der Waals surface area contributed by atoms with E-state index in [1.54, 1.807) is 0 Å². The minimum Gasteiger partial charge on any atom is -0.390 e. The Morgan fingerprint density at radius 3 is 2.61 bits per heavy atom. The molecule has 0 radical (unpaired) electrons. The first-order chi connectivity index (χ1) is 10.8. The maximum atomic E-state index is 11.6. The molecule has 4 aliphatic carbocycles. The van der Waals surface area contributed by atoms with Gasteiger partial charge in [0.05, 0.1) is 5.60 Å². The molecule has 2 nitrogen and oxygen atoms in total. The number of rotatable bonds is 1. The van der Waals surface area contributed by atoms with Gasteiger partial charge in [-0.15, -0.1) is 0 Å². The van der Waals surface area contributed by atoms with Crippen molar-refractivity contribution in [2.45, 2.75) is 77.7 Å². The Morgan fingerprint density at radius 1 is 1.09 bits per heavy atom. The zero-order chi connectivity index (χ0) is 16.5. The van der Waals surface area contributed by atoms with Crippen LogP contribution >= 0.6 is 0 Å². The Bertz CT molecular complexity index is 548. The van der Waals surface area contributed by atoms with Crippen molar-refractivity contribution < 1.29 is 9.90 Å². The number of hydrogen-bond acceptors (Lipinski definition) is 2. The SMILES string of the molecule is C[C@]1(O)CC[C@@]2(C)C(=CC[C@H]3[C@@H]4CC[C@H](C=O)[C@@]4(C)CC[C@@H]32)C1. The van der Waals surface area contributed by atoms with E-state index in [1.807, 2.05) is 6.92 Å². The number of fused-ring (bicyclic) bond motifs is 5.